The minimum atomic E-state index is 0.00736. The van der Waals surface area contributed by atoms with Crippen LogP contribution in [0.2, 0.25) is 0 Å². The fraction of sp³-hybridized carbons (Fsp3) is 1.00. The van der Waals surface area contributed by atoms with E-state index in [0.717, 1.165) is 32.7 Å². The lowest BCUT2D eigenvalue weighted by Crippen LogP contribution is -2.50. The van der Waals surface area contributed by atoms with E-state index in [9.17, 15) is 0 Å². The molecule has 1 atom stereocenters. The number of aliphatic hydroxyl groups is 1. The van der Waals surface area contributed by atoms with Gasteiger partial charge in [-0.2, -0.15) is 0 Å². The van der Waals surface area contributed by atoms with Crippen molar-refractivity contribution in [2.24, 2.45) is 0 Å². The van der Waals surface area contributed by atoms with Gasteiger partial charge >= 0.3 is 0 Å². The quantitative estimate of drug-likeness (QED) is 0.674. The number of morpholine rings is 1. The Bertz CT molecular complexity index is 138. The lowest BCUT2D eigenvalue weighted by Gasteiger charge is -2.39. The van der Waals surface area contributed by atoms with E-state index in [4.69, 9.17) is 9.84 Å². The average molecular weight is 173 g/mol. The summed E-state index contributed by atoms with van der Waals surface area (Å²) >= 11 is 0. The Kier molecular flexibility index (Phi) is 3.50. The predicted octanol–water partition coefficient (Wildman–Crippen LogP) is 0.480. The molecule has 0 saturated carbocycles. The zero-order valence-electron chi connectivity index (χ0n) is 8.05. The molecule has 1 rings (SSSR count). The highest BCUT2D eigenvalue weighted by Crippen LogP contribution is 2.20. The van der Waals surface area contributed by atoms with E-state index < -0.39 is 0 Å². The fourth-order valence-corrected chi connectivity index (χ4v) is 1.56. The van der Waals surface area contributed by atoms with Crippen LogP contribution in [-0.2, 0) is 4.74 Å². The van der Waals surface area contributed by atoms with E-state index in [-0.39, 0.29) is 12.2 Å². The highest BCUT2D eigenvalue weighted by Gasteiger charge is 2.29. The Hall–Kier alpha value is -0.120. The van der Waals surface area contributed by atoms with Gasteiger partial charge in [0, 0.05) is 19.6 Å². The lowest BCUT2D eigenvalue weighted by molar-refractivity contribution is -0.101. The summed E-state index contributed by atoms with van der Waals surface area (Å²) in [6.07, 6.45) is 1.04. The average Bonchev–Trinajstić information content (AvgIpc) is 2.05. The molecule has 0 radical (unpaired) electrons. The first-order valence-corrected chi connectivity index (χ1v) is 4.67. The lowest BCUT2D eigenvalue weighted by atomic mass is 10.0. The van der Waals surface area contributed by atoms with Gasteiger partial charge in [-0.1, -0.05) is 6.92 Å². The minimum Gasteiger partial charge on any atom is -0.395 e. The molecule has 0 aliphatic carbocycles. The molecule has 72 valence electrons. The minimum absolute atomic E-state index is 0.00736. The molecule has 1 fully saturated rings. The van der Waals surface area contributed by atoms with E-state index in [1.165, 1.54) is 0 Å². The summed E-state index contributed by atoms with van der Waals surface area (Å²) in [6, 6.07) is 0. The second-order valence-corrected chi connectivity index (χ2v) is 3.65. The SMILES string of the molecule is CCC1(C)CN(CCO)CCO1. The van der Waals surface area contributed by atoms with Crippen LogP contribution in [0.1, 0.15) is 20.3 Å². The molecule has 3 nitrogen and oxygen atoms in total. The summed E-state index contributed by atoms with van der Waals surface area (Å²) in [5.74, 6) is 0. The summed E-state index contributed by atoms with van der Waals surface area (Å²) in [5.41, 5.74) is 0.00736. The Morgan fingerprint density at radius 2 is 2.33 bits per heavy atom. The molecule has 1 aliphatic rings. The third-order valence-corrected chi connectivity index (χ3v) is 2.58. The summed E-state index contributed by atoms with van der Waals surface area (Å²) < 4.78 is 5.67. The zero-order valence-corrected chi connectivity index (χ0v) is 8.05. The third kappa shape index (κ3) is 2.44. The van der Waals surface area contributed by atoms with Crippen LogP contribution in [0, 0.1) is 0 Å². The number of aliphatic hydroxyl groups excluding tert-OH is 1. The van der Waals surface area contributed by atoms with Crippen molar-refractivity contribution in [2.75, 3.05) is 32.8 Å². The van der Waals surface area contributed by atoms with Gasteiger partial charge in [-0.25, -0.2) is 0 Å². The largest absolute Gasteiger partial charge is 0.395 e. The van der Waals surface area contributed by atoms with Crippen LogP contribution in [0.4, 0.5) is 0 Å². The maximum absolute atomic E-state index is 8.78. The first-order chi connectivity index (χ1) is 5.70. The van der Waals surface area contributed by atoms with Gasteiger partial charge < -0.3 is 9.84 Å². The summed E-state index contributed by atoms with van der Waals surface area (Å²) in [4.78, 5) is 2.26. The van der Waals surface area contributed by atoms with E-state index in [1.807, 2.05) is 0 Å². The van der Waals surface area contributed by atoms with Crippen molar-refractivity contribution in [3.63, 3.8) is 0 Å². The monoisotopic (exact) mass is 173 g/mol. The van der Waals surface area contributed by atoms with Gasteiger partial charge in [0.15, 0.2) is 0 Å². The molecule has 1 heterocycles. The fourth-order valence-electron chi connectivity index (χ4n) is 1.56. The van der Waals surface area contributed by atoms with Crippen molar-refractivity contribution >= 4 is 0 Å². The van der Waals surface area contributed by atoms with Gasteiger partial charge in [-0.05, 0) is 13.3 Å². The molecule has 0 spiro atoms. The van der Waals surface area contributed by atoms with Gasteiger partial charge in [0.25, 0.3) is 0 Å². The van der Waals surface area contributed by atoms with Crippen molar-refractivity contribution in [3.05, 3.63) is 0 Å². The van der Waals surface area contributed by atoms with Crippen molar-refractivity contribution in [1.29, 1.82) is 0 Å². The van der Waals surface area contributed by atoms with Gasteiger partial charge in [0.2, 0.25) is 0 Å². The molecule has 0 bridgehead atoms. The van der Waals surface area contributed by atoms with Gasteiger partial charge in [-0.3, -0.25) is 4.90 Å². The Morgan fingerprint density at radius 3 is 2.92 bits per heavy atom. The van der Waals surface area contributed by atoms with Crippen LogP contribution in [0.3, 0.4) is 0 Å². The Balaban J connectivity index is 2.39. The van der Waals surface area contributed by atoms with E-state index in [2.05, 4.69) is 18.7 Å². The van der Waals surface area contributed by atoms with E-state index in [1.54, 1.807) is 0 Å². The number of rotatable bonds is 3. The van der Waals surface area contributed by atoms with Crippen LogP contribution in [0.5, 0.6) is 0 Å². The van der Waals surface area contributed by atoms with Crippen LogP contribution >= 0.6 is 0 Å². The van der Waals surface area contributed by atoms with Gasteiger partial charge in [0.05, 0.1) is 18.8 Å². The van der Waals surface area contributed by atoms with Gasteiger partial charge in [-0.15, -0.1) is 0 Å². The van der Waals surface area contributed by atoms with E-state index in [0.29, 0.717) is 0 Å². The maximum Gasteiger partial charge on any atom is 0.0778 e. The number of nitrogens with zero attached hydrogens (tertiary/aromatic N) is 1. The second-order valence-electron chi connectivity index (χ2n) is 3.65. The highest BCUT2D eigenvalue weighted by molar-refractivity contribution is 4.81. The zero-order chi connectivity index (χ0) is 9.03. The second kappa shape index (κ2) is 4.21. The first kappa shape index (κ1) is 9.96. The van der Waals surface area contributed by atoms with Crippen LogP contribution in [-0.4, -0.2) is 48.5 Å². The van der Waals surface area contributed by atoms with Crippen molar-refractivity contribution in [2.45, 2.75) is 25.9 Å². The topological polar surface area (TPSA) is 32.7 Å². The number of hydrogen-bond acceptors (Lipinski definition) is 3. The highest BCUT2D eigenvalue weighted by atomic mass is 16.5. The molecule has 0 aromatic heterocycles. The number of ether oxygens (including phenoxy) is 1. The summed E-state index contributed by atoms with van der Waals surface area (Å²) in [5, 5.41) is 8.78. The van der Waals surface area contributed by atoms with Crippen LogP contribution in [0.25, 0.3) is 0 Å². The molecule has 0 aromatic carbocycles. The molecule has 0 aromatic rings. The maximum atomic E-state index is 8.78. The molecule has 0 amide bonds. The number of β-amino-alcohol motifs (C(OH)–C–C–N with tert-alkyl or cyclic N) is 1. The molecule has 1 saturated heterocycles. The van der Waals surface area contributed by atoms with Crippen molar-refractivity contribution in [3.8, 4) is 0 Å². The third-order valence-electron chi connectivity index (χ3n) is 2.58. The standard InChI is InChI=1S/C9H19NO2/c1-3-9(2)8-10(4-6-11)5-7-12-9/h11H,3-8H2,1-2H3. The van der Waals surface area contributed by atoms with Crippen molar-refractivity contribution < 1.29 is 9.84 Å². The molecule has 1 unspecified atom stereocenters. The Morgan fingerprint density at radius 1 is 1.58 bits per heavy atom. The Labute approximate surface area is 74.3 Å². The molecule has 12 heavy (non-hydrogen) atoms. The van der Waals surface area contributed by atoms with Crippen LogP contribution < -0.4 is 0 Å². The smallest absolute Gasteiger partial charge is 0.0778 e. The first-order valence-electron chi connectivity index (χ1n) is 4.67. The van der Waals surface area contributed by atoms with E-state index >= 15 is 0 Å². The molecule has 1 aliphatic heterocycles. The molecule has 3 heteroatoms. The summed E-state index contributed by atoms with van der Waals surface area (Å²) in [6.45, 7) is 8.00. The van der Waals surface area contributed by atoms with Gasteiger partial charge in [0.1, 0.15) is 0 Å². The molecule has 1 N–H and O–H groups in total. The normalized spacial score (nSPS) is 32.2. The molecular weight excluding hydrogens is 154 g/mol. The number of hydrogen-bond donors (Lipinski definition) is 1. The summed E-state index contributed by atoms with van der Waals surface area (Å²) in [7, 11) is 0. The van der Waals surface area contributed by atoms with Crippen molar-refractivity contribution in [1.82, 2.24) is 4.90 Å². The molecular formula is C9H19NO2. The van der Waals surface area contributed by atoms with Crippen LogP contribution in [0.15, 0.2) is 0 Å². The predicted molar refractivity (Wildman–Crippen MR) is 48.2 cm³/mol.